The summed E-state index contributed by atoms with van der Waals surface area (Å²) in [6, 6.07) is 8.12. The summed E-state index contributed by atoms with van der Waals surface area (Å²) in [6.45, 7) is 2.99. The van der Waals surface area contributed by atoms with Gasteiger partial charge in [0.15, 0.2) is 0 Å². The van der Waals surface area contributed by atoms with Gasteiger partial charge < -0.3 is 9.80 Å². The number of para-hydroxylation sites is 2. The van der Waals surface area contributed by atoms with E-state index in [-0.39, 0.29) is 11.9 Å². The van der Waals surface area contributed by atoms with Gasteiger partial charge in [-0.1, -0.05) is 12.1 Å². The molecular weight excluding hydrogens is 346 g/mol. The van der Waals surface area contributed by atoms with E-state index in [9.17, 15) is 4.79 Å². The third-order valence-corrected chi connectivity index (χ3v) is 5.46. The van der Waals surface area contributed by atoms with E-state index in [1.807, 2.05) is 23.1 Å². The number of rotatable bonds is 2. The van der Waals surface area contributed by atoms with E-state index >= 15 is 0 Å². The van der Waals surface area contributed by atoms with Crippen molar-refractivity contribution in [3.05, 3.63) is 53.9 Å². The standard InChI is InChI=1S/C19H19N5OS/c1-13-7-10-23(2)16-5-3-4-6-17(16)24(13)19(25)15-12-26-18(22-15)14-11-20-8-9-21-14/h3-6,8-9,11-13H,7,10H2,1-2H3/t13-/m1/s1. The molecule has 132 valence electrons. The number of anilines is 2. The molecule has 1 atom stereocenters. The Kier molecular flexibility index (Phi) is 4.38. The third-order valence-electron chi connectivity index (χ3n) is 4.60. The minimum atomic E-state index is -0.0772. The summed E-state index contributed by atoms with van der Waals surface area (Å²) in [5.74, 6) is -0.0772. The van der Waals surface area contributed by atoms with Crippen LogP contribution < -0.4 is 9.80 Å². The zero-order valence-corrected chi connectivity index (χ0v) is 15.5. The van der Waals surface area contributed by atoms with Gasteiger partial charge >= 0.3 is 0 Å². The van der Waals surface area contributed by atoms with Crippen molar-refractivity contribution < 1.29 is 4.79 Å². The van der Waals surface area contributed by atoms with Gasteiger partial charge in [0.05, 0.1) is 17.6 Å². The van der Waals surface area contributed by atoms with Crippen LogP contribution in [0.1, 0.15) is 23.8 Å². The van der Waals surface area contributed by atoms with E-state index in [0.29, 0.717) is 16.4 Å². The highest BCUT2D eigenvalue weighted by Gasteiger charge is 2.30. The lowest BCUT2D eigenvalue weighted by molar-refractivity contribution is 0.0974. The molecule has 0 N–H and O–H groups in total. The van der Waals surface area contributed by atoms with Crippen LogP contribution >= 0.6 is 11.3 Å². The molecule has 0 unspecified atom stereocenters. The molecule has 1 aromatic carbocycles. The number of fused-ring (bicyclic) bond motifs is 1. The zero-order valence-electron chi connectivity index (χ0n) is 14.7. The summed E-state index contributed by atoms with van der Waals surface area (Å²) in [4.78, 5) is 30.2. The van der Waals surface area contributed by atoms with Gasteiger partial charge in [0, 0.05) is 37.4 Å². The number of nitrogens with zero attached hydrogens (tertiary/aromatic N) is 5. The van der Waals surface area contributed by atoms with E-state index in [0.717, 1.165) is 24.3 Å². The Morgan fingerprint density at radius 1 is 1.23 bits per heavy atom. The van der Waals surface area contributed by atoms with Gasteiger partial charge in [-0.25, -0.2) is 4.98 Å². The lowest BCUT2D eigenvalue weighted by Crippen LogP contribution is -2.38. The quantitative estimate of drug-likeness (QED) is 0.696. The van der Waals surface area contributed by atoms with Gasteiger partial charge in [-0.05, 0) is 25.5 Å². The molecule has 3 heterocycles. The molecule has 0 saturated heterocycles. The Labute approximate surface area is 156 Å². The Hall–Kier alpha value is -2.80. The second kappa shape index (κ2) is 6.84. The molecule has 1 aliphatic heterocycles. The first kappa shape index (κ1) is 16.7. The van der Waals surface area contributed by atoms with Gasteiger partial charge in [0.2, 0.25) is 0 Å². The largest absolute Gasteiger partial charge is 0.373 e. The van der Waals surface area contributed by atoms with Crippen LogP contribution in [0.15, 0.2) is 48.2 Å². The lowest BCUT2D eigenvalue weighted by Gasteiger charge is -2.27. The van der Waals surface area contributed by atoms with Crippen LogP contribution in [0.4, 0.5) is 11.4 Å². The maximum absolute atomic E-state index is 13.3. The molecule has 0 bridgehead atoms. The van der Waals surface area contributed by atoms with Crippen molar-refractivity contribution >= 4 is 28.6 Å². The minimum Gasteiger partial charge on any atom is -0.373 e. The normalized spacial score (nSPS) is 16.9. The van der Waals surface area contributed by atoms with Gasteiger partial charge in [0.25, 0.3) is 5.91 Å². The fourth-order valence-corrected chi connectivity index (χ4v) is 3.94. The average Bonchev–Trinajstić information content (AvgIpc) is 3.13. The number of thiazole rings is 1. The number of amides is 1. The summed E-state index contributed by atoms with van der Waals surface area (Å²) >= 11 is 1.41. The zero-order chi connectivity index (χ0) is 18.1. The van der Waals surface area contributed by atoms with Crippen LogP contribution in [0.5, 0.6) is 0 Å². The second-order valence-corrected chi connectivity index (χ2v) is 7.21. The maximum Gasteiger partial charge on any atom is 0.278 e. The van der Waals surface area contributed by atoms with Crippen LogP contribution in [0.3, 0.4) is 0 Å². The van der Waals surface area contributed by atoms with Gasteiger partial charge in [-0.2, -0.15) is 0 Å². The third kappa shape index (κ3) is 2.94. The highest BCUT2D eigenvalue weighted by Crippen LogP contribution is 2.35. The fraction of sp³-hybridized carbons (Fsp3) is 0.263. The molecule has 26 heavy (non-hydrogen) atoms. The number of hydrogen-bond acceptors (Lipinski definition) is 6. The van der Waals surface area contributed by atoms with Gasteiger partial charge in [-0.15, -0.1) is 11.3 Å². The molecule has 7 heteroatoms. The Morgan fingerprint density at radius 3 is 2.81 bits per heavy atom. The van der Waals surface area contributed by atoms with Crippen molar-refractivity contribution in [3.8, 4) is 10.7 Å². The van der Waals surface area contributed by atoms with E-state index < -0.39 is 0 Å². The summed E-state index contributed by atoms with van der Waals surface area (Å²) in [5, 5.41) is 2.50. The van der Waals surface area contributed by atoms with Crippen LogP contribution in [-0.4, -0.2) is 40.5 Å². The van der Waals surface area contributed by atoms with Gasteiger partial charge in [-0.3, -0.25) is 14.8 Å². The summed E-state index contributed by atoms with van der Waals surface area (Å²) in [6.07, 6.45) is 5.81. The van der Waals surface area contributed by atoms with Crippen LogP contribution in [-0.2, 0) is 0 Å². The Balaban J connectivity index is 1.71. The molecule has 0 radical (unpaired) electrons. The molecule has 4 rings (SSSR count). The second-order valence-electron chi connectivity index (χ2n) is 6.35. The topological polar surface area (TPSA) is 62.2 Å². The molecule has 0 fully saturated rings. The SMILES string of the molecule is C[C@@H]1CCN(C)c2ccccc2N1C(=O)c1csc(-c2cnccn2)n1. The van der Waals surface area contributed by atoms with Crippen molar-refractivity contribution in [3.63, 3.8) is 0 Å². The predicted molar refractivity (Wildman–Crippen MR) is 104 cm³/mol. The predicted octanol–water partition coefficient (Wildman–Crippen LogP) is 3.48. The molecule has 1 aliphatic rings. The van der Waals surface area contributed by atoms with Gasteiger partial charge in [0.1, 0.15) is 16.4 Å². The summed E-state index contributed by atoms with van der Waals surface area (Å²) in [7, 11) is 2.06. The Bertz CT molecular complexity index is 926. The van der Waals surface area contributed by atoms with Crippen molar-refractivity contribution in [2.24, 2.45) is 0 Å². The van der Waals surface area contributed by atoms with Crippen LogP contribution in [0.2, 0.25) is 0 Å². The number of carbonyl (C=O) groups excluding carboxylic acids is 1. The molecule has 0 saturated carbocycles. The van der Waals surface area contributed by atoms with Crippen molar-refractivity contribution in [2.45, 2.75) is 19.4 Å². The van der Waals surface area contributed by atoms with Crippen molar-refractivity contribution in [1.29, 1.82) is 0 Å². The number of aromatic nitrogens is 3. The number of carbonyl (C=O) groups is 1. The highest BCUT2D eigenvalue weighted by atomic mass is 32.1. The van der Waals surface area contributed by atoms with Crippen LogP contribution in [0.25, 0.3) is 10.7 Å². The molecule has 6 nitrogen and oxygen atoms in total. The van der Waals surface area contributed by atoms with Crippen molar-refractivity contribution in [2.75, 3.05) is 23.4 Å². The summed E-state index contributed by atoms with van der Waals surface area (Å²) < 4.78 is 0. The molecule has 1 amide bonds. The molecule has 2 aromatic heterocycles. The van der Waals surface area contributed by atoms with Crippen LogP contribution in [0, 0.1) is 0 Å². The Morgan fingerprint density at radius 2 is 2.04 bits per heavy atom. The fourth-order valence-electron chi connectivity index (χ4n) is 3.19. The molecular formula is C19H19N5OS. The first-order valence-corrected chi connectivity index (χ1v) is 9.39. The smallest absolute Gasteiger partial charge is 0.278 e. The maximum atomic E-state index is 13.3. The monoisotopic (exact) mass is 365 g/mol. The van der Waals surface area contributed by atoms with E-state index in [1.165, 1.54) is 11.3 Å². The highest BCUT2D eigenvalue weighted by molar-refractivity contribution is 7.13. The molecule has 0 spiro atoms. The van der Waals surface area contributed by atoms with E-state index in [4.69, 9.17) is 0 Å². The van der Waals surface area contributed by atoms with E-state index in [2.05, 4.69) is 39.9 Å². The number of benzene rings is 1. The van der Waals surface area contributed by atoms with Crippen molar-refractivity contribution in [1.82, 2.24) is 15.0 Å². The number of hydrogen-bond donors (Lipinski definition) is 0. The minimum absolute atomic E-state index is 0.0772. The molecule has 0 aliphatic carbocycles. The summed E-state index contributed by atoms with van der Waals surface area (Å²) in [5.41, 5.74) is 3.12. The molecule has 3 aromatic rings. The van der Waals surface area contributed by atoms with E-state index in [1.54, 1.807) is 24.0 Å². The average molecular weight is 365 g/mol. The first-order valence-electron chi connectivity index (χ1n) is 8.51. The lowest BCUT2D eigenvalue weighted by atomic mass is 10.1. The first-order chi connectivity index (χ1) is 12.6.